The quantitative estimate of drug-likeness (QED) is 0.650. The lowest BCUT2D eigenvalue weighted by atomic mass is 10.4. The van der Waals surface area contributed by atoms with E-state index in [-0.39, 0.29) is 5.69 Å². The highest BCUT2D eigenvalue weighted by Gasteiger charge is 2.15. The second-order valence-corrected chi connectivity index (χ2v) is 5.63. The van der Waals surface area contributed by atoms with Crippen LogP contribution in [-0.2, 0) is 14.3 Å². The number of carbonyl (C=O) groups excluding carboxylic acids is 3. The molecule has 2 rings (SSSR count). The average Bonchev–Trinajstić information content (AvgIpc) is 3.11. The maximum Gasteiger partial charge on any atom is 0.358 e. The van der Waals surface area contributed by atoms with Gasteiger partial charge in [0.15, 0.2) is 12.3 Å². The first-order valence-electron chi connectivity index (χ1n) is 5.78. The van der Waals surface area contributed by atoms with Gasteiger partial charge in [-0.25, -0.2) is 9.78 Å². The van der Waals surface area contributed by atoms with Gasteiger partial charge in [-0.3, -0.25) is 20.4 Å². The second-order valence-electron chi connectivity index (χ2n) is 3.82. The van der Waals surface area contributed by atoms with Gasteiger partial charge in [-0.05, 0) is 11.4 Å². The Morgan fingerprint density at radius 1 is 1.29 bits per heavy atom. The number of carbonyl (C=O) groups is 3. The Morgan fingerprint density at radius 2 is 2.10 bits per heavy atom. The first-order valence-corrected chi connectivity index (χ1v) is 7.54. The Bertz CT molecular complexity index is 651. The molecule has 2 aromatic rings. The molecule has 2 heterocycles. The minimum atomic E-state index is -0.688. The number of amides is 2. The van der Waals surface area contributed by atoms with E-state index in [1.165, 1.54) is 29.6 Å². The van der Waals surface area contributed by atoms with E-state index in [4.69, 9.17) is 4.74 Å². The van der Waals surface area contributed by atoms with Gasteiger partial charge < -0.3 is 4.74 Å². The van der Waals surface area contributed by atoms with Crippen LogP contribution in [0.3, 0.4) is 0 Å². The minimum absolute atomic E-state index is 0.149. The topological polar surface area (TPSA) is 97.4 Å². The summed E-state index contributed by atoms with van der Waals surface area (Å²) in [5.74, 6) is -1.74. The molecular weight excluding hydrogens is 314 g/mol. The number of ether oxygens (including phenoxy) is 1. The summed E-state index contributed by atoms with van der Waals surface area (Å²) in [6, 6.07) is 3.80. The Morgan fingerprint density at radius 3 is 2.76 bits per heavy atom. The van der Waals surface area contributed by atoms with Gasteiger partial charge in [-0.15, -0.1) is 22.7 Å². The predicted octanol–water partition coefficient (Wildman–Crippen LogP) is 1.20. The fraction of sp³-hybridized carbons (Fsp3) is 0.167. The molecule has 110 valence electrons. The Kier molecular flexibility index (Phi) is 5.01. The highest BCUT2D eigenvalue weighted by Crippen LogP contribution is 2.27. The first-order chi connectivity index (χ1) is 10.1. The fourth-order valence-electron chi connectivity index (χ4n) is 1.28. The summed E-state index contributed by atoms with van der Waals surface area (Å²) >= 11 is 2.85. The summed E-state index contributed by atoms with van der Waals surface area (Å²) < 4.78 is 4.80. The molecule has 7 nitrogen and oxygen atoms in total. The van der Waals surface area contributed by atoms with E-state index in [1.807, 2.05) is 17.5 Å². The van der Waals surface area contributed by atoms with E-state index >= 15 is 0 Å². The van der Waals surface area contributed by atoms with E-state index in [1.54, 1.807) is 5.38 Å². The number of thiazole rings is 1. The molecular formula is C12H11N3O4S2. The first kappa shape index (κ1) is 15.1. The van der Waals surface area contributed by atoms with Crippen molar-refractivity contribution < 1.29 is 19.1 Å². The summed E-state index contributed by atoms with van der Waals surface area (Å²) in [6.45, 7) is 0.749. The van der Waals surface area contributed by atoms with E-state index in [9.17, 15) is 14.4 Å². The van der Waals surface area contributed by atoms with Crippen LogP contribution in [0.2, 0.25) is 0 Å². The third-order valence-electron chi connectivity index (χ3n) is 2.16. The standard InChI is InChI=1S/C12H11N3O4S2/c1-7(16)14-15-10(17)5-19-12(18)8-6-21-11(13-8)9-3-2-4-20-9/h2-4,6H,5H2,1H3,(H,14,16)(H,15,17). The van der Waals surface area contributed by atoms with Gasteiger partial charge in [0.2, 0.25) is 5.91 Å². The molecule has 0 aromatic carbocycles. The highest BCUT2D eigenvalue weighted by molar-refractivity contribution is 7.20. The molecule has 0 bridgehead atoms. The van der Waals surface area contributed by atoms with Crippen LogP contribution in [0, 0.1) is 0 Å². The average molecular weight is 325 g/mol. The van der Waals surface area contributed by atoms with E-state index in [2.05, 4.69) is 15.8 Å². The second kappa shape index (κ2) is 6.95. The van der Waals surface area contributed by atoms with Crippen LogP contribution in [0.1, 0.15) is 17.4 Å². The van der Waals surface area contributed by atoms with Gasteiger partial charge in [0.1, 0.15) is 5.01 Å². The van der Waals surface area contributed by atoms with Crippen molar-refractivity contribution in [2.45, 2.75) is 6.92 Å². The van der Waals surface area contributed by atoms with Crippen LogP contribution in [0.5, 0.6) is 0 Å². The Hall–Kier alpha value is -2.26. The Balaban J connectivity index is 1.86. The van der Waals surface area contributed by atoms with Crippen LogP contribution in [-0.4, -0.2) is 29.4 Å². The number of thiophene rings is 1. The molecule has 0 atom stereocenters. The maximum absolute atomic E-state index is 11.7. The lowest BCUT2D eigenvalue weighted by Crippen LogP contribution is -2.42. The monoisotopic (exact) mass is 325 g/mol. The van der Waals surface area contributed by atoms with E-state index in [0.29, 0.717) is 0 Å². The smallest absolute Gasteiger partial charge is 0.358 e. The van der Waals surface area contributed by atoms with E-state index in [0.717, 1.165) is 9.88 Å². The number of nitrogens with one attached hydrogen (secondary N) is 2. The SMILES string of the molecule is CC(=O)NNC(=O)COC(=O)c1csc(-c2cccs2)n1. The van der Waals surface area contributed by atoms with Crippen molar-refractivity contribution in [3.05, 3.63) is 28.6 Å². The molecule has 0 saturated heterocycles. The summed E-state index contributed by atoms with van der Waals surface area (Å²) in [7, 11) is 0. The number of hydrazine groups is 1. The number of rotatable bonds is 4. The number of esters is 1. The zero-order valence-corrected chi connectivity index (χ0v) is 12.5. The van der Waals surface area contributed by atoms with Gasteiger partial charge in [0.25, 0.3) is 5.91 Å². The molecule has 2 amide bonds. The normalized spacial score (nSPS) is 9.95. The summed E-state index contributed by atoms with van der Waals surface area (Å²) in [6.07, 6.45) is 0. The molecule has 0 radical (unpaired) electrons. The van der Waals surface area contributed by atoms with Crippen LogP contribution in [0.4, 0.5) is 0 Å². The van der Waals surface area contributed by atoms with Crippen molar-refractivity contribution in [3.63, 3.8) is 0 Å². The third kappa shape index (κ3) is 4.36. The van der Waals surface area contributed by atoms with Crippen molar-refractivity contribution in [2.24, 2.45) is 0 Å². The van der Waals surface area contributed by atoms with Gasteiger partial charge >= 0.3 is 5.97 Å². The molecule has 9 heteroatoms. The van der Waals surface area contributed by atoms with Gasteiger partial charge in [-0.1, -0.05) is 6.07 Å². The maximum atomic E-state index is 11.7. The Labute approximate surface area is 127 Å². The molecule has 0 aliphatic rings. The molecule has 0 unspecified atom stereocenters. The molecule has 0 saturated carbocycles. The molecule has 0 fully saturated rings. The number of hydrogen-bond donors (Lipinski definition) is 2. The molecule has 2 aromatic heterocycles. The van der Waals surface area contributed by atoms with Gasteiger partial charge in [-0.2, -0.15) is 0 Å². The van der Waals surface area contributed by atoms with Crippen LogP contribution in [0.15, 0.2) is 22.9 Å². The molecule has 0 aliphatic carbocycles. The molecule has 0 spiro atoms. The van der Waals surface area contributed by atoms with Gasteiger partial charge in [0.05, 0.1) is 4.88 Å². The van der Waals surface area contributed by atoms with Crippen molar-refractivity contribution >= 4 is 40.5 Å². The summed E-state index contributed by atoms with van der Waals surface area (Å²) in [5, 5.41) is 4.21. The minimum Gasteiger partial charge on any atom is -0.451 e. The zero-order chi connectivity index (χ0) is 15.2. The van der Waals surface area contributed by atoms with Crippen LogP contribution < -0.4 is 10.9 Å². The third-order valence-corrected chi connectivity index (χ3v) is 4.04. The van der Waals surface area contributed by atoms with Crippen LogP contribution in [0.25, 0.3) is 9.88 Å². The number of nitrogens with zero attached hydrogens (tertiary/aromatic N) is 1. The van der Waals surface area contributed by atoms with Crippen molar-refractivity contribution in [2.75, 3.05) is 6.61 Å². The van der Waals surface area contributed by atoms with Crippen molar-refractivity contribution in [3.8, 4) is 9.88 Å². The lowest BCUT2D eigenvalue weighted by Gasteiger charge is -2.05. The van der Waals surface area contributed by atoms with Crippen molar-refractivity contribution in [1.29, 1.82) is 0 Å². The molecule has 0 aliphatic heterocycles. The summed E-state index contributed by atoms with van der Waals surface area (Å²) in [4.78, 5) is 38.7. The predicted molar refractivity (Wildman–Crippen MR) is 77.7 cm³/mol. The highest BCUT2D eigenvalue weighted by atomic mass is 32.1. The number of aromatic nitrogens is 1. The van der Waals surface area contributed by atoms with Crippen molar-refractivity contribution in [1.82, 2.24) is 15.8 Å². The van der Waals surface area contributed by atoms with E-state index < -0.39 is 24.4 Å². The largest absolute Gasteiger partial charge is 0.451 e. The van der Waals surface area contributed by atoms with Gasteiger partial charge in [0, 0.05) is 12.3 Å². The lowest BCUT2D eigenvalue weighted by molar-refractivity contribution is -0.129. The number of hydrogen-bond acceptors (Lipinski definition) is 7. The molecule has 2 N–H and O–H groups in total. The summed E-state index contributed by atoms with van der Waals surface area (Å²) in [5.41, 5.74) is 4.32. The van der Waals surface area contributed by atoms with Crippen LogP contribution >= 0.6 is 22.7 Å². The fourth-order valence-corrected chi connectivity index (χ4v) is 2.88. The zero-order valence-electron chi connectivity index (χ0n) is 10.9. The molecule has 21 heavy (non-hydrogen) atoms.